The summed E-state index contributed by atoms with van der Waals surface area (Å²) in [4.78, 5) is 27.0. The number of halogens is 1. The Morgan fingerprint density at radius 3 is 2.30 bits per heavy atom. The van der Waals surface area contributed by atoms with E-state index in [9.17, 15) is 14.7 Å². The number of carbonyl (C=O) groups excluding carboxylic acids is 2. The summed E-state index contributed by atoms with van der Waals surface area (Å²) in [5.41, 5.74) is 1.58. The minimum absolute atomic E-state index is 0.00841. The predicted octanol–water partition coefficient (Wildman–Crippen LogP) is 5.11. The van der Waals surface area contributed by atoms with E-state index in [4.69, 9.17) is 35.3 Å². The Bertz CT molecular complexity index is 1370. The fraction of sp³-hybridized carbons (Fsp3) is 0.267. The second kappa shape index (κ2) is 14.3. The van der Waals surface area contributed by atoms with Gasteiger partial charge in [-0.25, -0.2) is 4.79 Å². The molecule has 1 atom stereocenters. The van der Waals surface area contributed by atoms with Crippen molar-refractivity contribution in [2.45, 2.75) is 19.6 Å². The zero-order valence-corrected chi connectivity index (χ0v) is 23.7. The van der Waals surface area contributed by atoms with Crippen LogP contribution in [0.5, 0.6) is 23.0 Å². The van der Waals surface area contributed by atoms with Gasteiger partial charge in [0.1, 0.15) is 17.6 Å². The summed E-state index contributed by atoms with van der Waals surface area (Å²) in [6.07, 6.45) is 0.850. The molecule has 0 aromatic heterocycles. The van der Waals surface area contributed by atoms with Crippen LogP contribution < -0.4 is 23.8 Å². The van der Waals surface area contributed by atoms with Gasteiger partial charge in [0.2, 0.25) is 0 Å². The molecule has 3 rings (SSSR count). The third-order valence-corrected chi connectivity index (χ3v) is 6.39. The largest absolute Gasteiger partial charge is 0.497 e. The van der Waals surface area contributed by atoms with Crippen molar-refractivity contribution in [2.75, 3.05) is 39.9 Å². The van der Waals surface area contributed by atoms with Gasteiger partial charge in [0.15, 0.2) is 11.5 Å². The second-order valence-corrected chi connectivity index (χ2v) is 8.75. The maximum atomic E-state index is 13.6. The maximum Gasteiger partial charge on any atom is 0.330 e. The molecule has 3 aromatic carbocycles. The van der Waals surface area contributed by atoms with E-state index in [0.717, 1.165) is 12.2 Å². The average molecular weight is 570 g/mol. The Morgan fingerprint density at radius 2 is 1.65 bits per heavy atom. The van der Waals surface area contributed by atoms with Crippen LogP contribution in [0.4, 0.5) is 5.69 Å². The number of ether oxygens (including phenoxy) is 5. The van der Waals surface area contributed by atoms with Crippen LogP contribution in [0.2, 0.25) is 5.02 Å². The van der Waals surface area contributed by atoms with Crippen molar-refractivity contribution in [1.29, 1.82) is 0 Å². The Kier molecular flexibility index (Phi) is 10.8. The molecule has 0 aliphatic carbocycles. The van der Waals surface area contributed by atoms with E-state index in [-0.39, 0.29) is 23.7 Å². The fourth-order valence-corrected chi connectivity index (χ4v) is 4.44. The normalized spacial score (nSPS) is 11.6. The van der Waals surface area contributed by atoms with Gasteiger partial charge in [0.05, 0.1) is 47.3 Å². The van der Waals surface area contributed by atoms with E-state index < -0.39 is 18.0 Å². The van der Waals surface area contributed by atoms with Gasteiger partial charge < -0.3 is 33.7 Å². The molecule has 10 heteroatoms. The molecule has 1 amide bonds. The highest BCUT2D eigenvalue weighted by molar-refractivity contribution is 6.32. The van der Waals surface area contributed by atoms with Gasteiger partial charge in [0, 0.05) is 39.9 Å². The smallest absolute Gasteiger partial charge is 0.330 e. The summed E-state index contributed by atoms with van der Waals surface area (Å²) in [6.45, 7) is 1.84. The number of methoxy groups -OCH3 is 4. The van der Waals surface area contributed by atoms with Gasteiger partial charge in [-0.05, 0) is 37.3 Å². The Hall–Kier alpha value is -4.21. The van der Waals surface area contributed by atoms with E-state index in [2.05, 4.69) is 0 Å². The number of para-hydroxylation sites is 1. The number of nitrogens with zero attached hydrogens (tertiary/aromatic N) is 1. The predicted molar refractivity (Wildman–Crippen MR) is 152 cm³/mol. The highest BCUT2D eigenvalue weighted by Gasteiger charge is 2.28. The Balaban J connectivity index is 2.18. The number of hydrogen-bond acceptors (Lipinski definition) is 8. The van der Waals surface area contributed by atoms with Crippen molar-refractivity contribution in [3.8, 4) is 23.0 Å². The molecule has 1 N–H and O–H groups in total. The molecule has 0 aliphatic rings. The number of benzene rings is 3. The van der Waals surface area contributed by atoms with Crippen LogP contribution in [0.15, 0.2) is 66.7 Å². The van der Waals surface area contributed by atoms with E-state index in [1.807, 2.05) is 0 Å². The first-order valence-corrected chi connectivity index (χ1v) is 12.7. The first-order valence-electron chi connectivity index (χ1n) is 12.3. The molecule has 0 saturated heterocycles. The number of anilines is 1. The van der Waals surface area contributed by atoms with Crippen molar-refractivity contribution >= 4 is 29.2 Å². The Morgan fingerprint density at radius 1 is 0.925 bits per heavy atom. The summed E-state index contributed by atoms with van der Waals surface area (Å²) in [5.74, 6) is 0.570. The number of rotatable bonds is 12. The standard InChI is InChI=1S/C30H32ClNO8/c1-6-40-27(34)16-15-26(33)32(18-19-13-14-20(36-2)17-25(19)38-4)23-11-8-10-22(31)28(23)29(35)21-9-7-12-24(37-3)30(21)39-5/h7-17,29,35H,6,18H2,1-5H3. The van der Waals surface area contributed by atoms with Gasteiger partial charge in [-0.1, -0.05) is 29.8 Å². The number of aliphatic hydroxyl groups is 1. The first-order chi connectivity index (χ1) is 19.3. The lowest BCUT2D eigenvalue weighted by Crippen LogP contribution is -2.30. The lowest BCUT2D eigenvalue weighted by atomic mass is 9.97. The number of aliphatic hydroxyl groups excluding tert-OH is 1. The van der Waals surface area contributed by atoms with E-state index in [1.165, 1.54) is 33.3 Å². The molecule has 0 aliphatic heterocycles. The lowest BCUT2D eigenvalue weighted by molar-refractivity contribution is -0.137. The van der Waals surface area contributed by atoms with Gasteiger partial charge >= 0.3 is 5.97 Å². The molecule has 1 unspecified atom stereocenters. The molecule has 0 bridgehead atoms. The molecule has 0 spiro atoms. The Labute approximate surface area is 238 Å². The van der Waals surface area contributed by atoms with E-state index in [0.29, 0.717) is 39.8 Å². The fourth-order valence-electron chi connectivity index (χ4n) is 4.17. The molecular formula is C30H32ClNO8. The van der Waals surface area contributed by atoms with Crippen molar-refractivity contribution in [2.24, 2.45) is 0 Å². The minimum atomic E-state index is -1.31. The van der Waals surface area contributed by atoms with Crippen LogP contribution >= 0.6 is 11.6 Å². The van der Waals surface area contributed by atoms with Crippen molar-refractivity contribution in [1.82, 2.24) is 0 Å². The summed E-state index contributed by atoms with van der Waals surface area (Å²) < 4.78 is 26.7. The molecular weight excluding hydrogens is 538 g/mol. The minimum Gasteiger partial charge on any atom is -0.497 e. The highest BCUT2D eigenvalue weighted by Crippen LogP contribution is 2.43. The quantitative estimate of drug-likeness (QED) is 0.237. The lowest BCUT2D eigenvalue weighted by Gasteiger charge is -2.28. The second-order valence-electron chi connectivity index (χ2n) is 8.35. The van der Waals surface area contributed by atoms with Gasteiger partial charge in [0.25, 0.3) is 5.91 Å². The third-order valence-electron chi connectivity index (χ3n) is 6.06. The molecule has 9 nitrogen and oxygen atoms in total. The van der Waals surface area contributed by atoms with Crippen LogP contribution in [0.25, 0.3) is 0 Å². The van der Waals surface area contributed by atoms with E-state index in [1.54, 1.807) is 61.5 Å². The zero-order valence-electron chi connectivity index (χ0n) is 23.0. The van der Waals surface area contributed by atoms with Crippen LogP contribution in [0, 0.1) is 0 Å². The summed E-state index contributed by atoms with van der Waals surface area (Å²) >= 11 is 6.66. The van der Waals surface area contributed by atoms with Crippen molar-refractivity contribution < 1.29 is 38.4 Å². The molecule has 3 aromatic rings. The van der Waals surface area contributed by atoms with Crippen LogP contribution in [-0.2, 0) is 20.9 Å². The highest BCUT2D eigenvalue weighted by atomic mass is 35.5. The van der Waals surface area contributed by atoms with Crippen molar-refractivity contribution in [3.05, 3.63) is 88.5 Å². The number of esters is 1. The average Bonchev–Trinajstić information content (AvgIpc) is 2.97. The maximum absolute atomic E-state index is 13.6. The van der Waals surface area contributed by atoms with Crippen LogP contribution in [0.1, 0.15) is 29.7 Å². The molecule has 0 heterocycles. The topological polar surface area (TPSA) is 104 Å². The van der Waals surface area contributed by atoms with Gasteiger partial charge in [-0.2, -0.15) is 0 Å². The van der Waals surface area contributed by atoms with Gasteiger partial charge in [-0.15, -0.1) is 0 Å². The molecule has 212 valence electrons. The first kappa shape index (κ1) is 30.3. The monoisotopic (exact) mass is 569 g/mol. The summed E-state index contributed by atoms with van der Waals surface area (Å²) in [5, 5.41) is 11.9. The van der Waals surface area contributed by atoms with Crippen molar-refractivity contribution in [3.63, 3.8) is 0 Å². The van der Waals surface area contributed by atoms with Crippen LogP contribution in [-0.4, -0.2) is 52.0 Å². The number of hydrogen-bond donors (Lipinski definition) is 1. The summed E-state index contributed by atoms with van der Waals surface area (Å²) in [6, 6.07) is 15.2. The van der Waals surface area contributed by atoms with E-state index >= 15 is 0 Å². The summed E-state index contributed by atoms with van der Waals surface area (Å²) in [7, 11) is 6.01. The molecule has 0 saturated carbocycles. The number of amides is 1. The van der Waals surface area contributed by atoms with Gasteiger partial charge in [-0.3, -0.25) is 4.79 Å². The zero-order chi connectivity index (χ0) is 29.2. The SMILES string of the molecule is CCOC(=O)C=CC(=O)N(Cc1ccc(OC)cc1OC)c1cccc(Cl)c1C(O)c1cccc(OC)c1OC. The molecule has 0 fully saturated rings. The molecule has 40 heavy (non-hydrogen) atoms. The van der Waals surface area contributed by atoms with Crippen LogP contribution in [0.3, 0.4) is 0 Å². The molecule has 0 radical (unpaired) electrons. The third kappa shape index (κ3) is 6.86. The number of carbonyl (C=O) groups is 2.